The van der Waals surface area contributed by atoms with Crippen molar-refractivity contribution in [2.45, 2.75) is 4.90 Å². The van der Waals surface area contributed by atoms with Crippen LogP contribution in [0, 0.1) is 5.82 Å². The normalized spacial score (nSPS) is 15.4. The number of piperazine rings is 1. The van der Waals surface area contributed by atoms with Crippen molar-refractivity contribution in [1.29, 1.82) is 0 Å². The van der Waals surface area contributed by atoms with Gasteiger partial charge in [-0.15, -0.1) is 0 Å². The summed E-state index contributed by atoms with van der Waals surface area (Å²) in [5, 5.41) is 4.48. The lowest BCUT2D eigenvalue weighted by Crippen LogP contribution is -2.47. The molecule has 9 nitrogen and oxygen atoms in total. The van der Waals surface area contributed by atoms with Crippen LogP contribution in [0.25, 0.3) is 11.0 Å². The van der Waals surface area contributed by atoms with Gasteiger partial charge in [0, 0.05) is 39.5 Å². The van der Waals surface area contributed by atoms with E-state index in [1.54, 1.807) is 11.7 Å². The maximum atomic E-state index is 14.4. The third kappa shape index (κ3) is 3.21. The van der Waals surface area contributed by atoms with Crippen molar-refractivity contribution in [2.75, 3.05) is 42.2 Å². The van der Waals surface area contributed by atoms with Crippen molar-refractivity contribution >= 4 is 32.5 Å². The molecule has 1 aliphatic rings. The minimum absolute atomic E-state index is 0.0429. The van der Waals surface area contributed by atoms with Crippen LogP contribution in [0.4, 0.5) is 16.0 Å². The summed E-state index contributed by atoms with van der Waals surface area (Å²) in [6, 6.07) is 3.95. The molecule has 1 aromatic carbocycles. The summed E-state index contributed by atoms with van der Waals surface area (Å²) in [6.07, 6.45) is 2.53. The van der Waals surface area contributed by atoms with Gasteiger partial charge in [-0.1, -0.05) is 0 Å². The number of aryl methyl sites for hydroxylation is 1. The number of nitrogens with one attached hydrogen (secondary N) is 1. The maximum absolute atomic E-state index is 14.4. The van der Waals surface area contributed by atoms with E-state index < -0.39 is 15.7 Å². The van der Waals surface area contributed by atoms with Crippen molar-refractivity contribution in [3.05, 3.63) is 40.6 Å². The lowest BCUT2D eigenvalue weighted by atomic mass is 10.2. The summed E-state index contributed by atoms with van der Waals surface area (Å²) < 4.78 is 39.1. The van der Waals surface area contributed by atoms with Crippen molar-refractivity contribution in [3.8, 4) is 0 Å². The Morgan fingerprint density at radius 1 is 1.14 bits per heavy atom. The van der Waals surface area contributed by atoms with Crippen LogP contribution < -0.4 is 15.4 Å². The average Bonchev–Trinajstić information content (AvgIpc) is 3.03. The third-order valence-corrected chi connectivity index (χ3v) is 5.97. The van der Waals surface area contributed by atoms with Gasteiger partial charge in [0.2, 0.25) is 5.95 Å². The van der Waals surface area contributed by atoms with Gasteiger partial charge in [0.1, 0.15) is 11.2 Å². The highest BCUT2D eigenvalue weighted by Gasteiger charge is 2.23. The molecule has 0 spiro atoms. The van der Waals surface area contributed by atoms with Gasteiger partial charge in [0.25, 0.3) is 5.56 Å². The average molecular weight is 406 g/mol. The highest BCUT2D eigenvalue weighted by atomic mass is 32.2. The molecular formula is C17H19FN6O3S. The van der Waals surface area contributed by atoms with E-state index in [4.69, 9.17) is 0 Å². The Bertz CT molecular complexity index is 1210. The van der Waals surface area contributed by atoms with Crippen molar-refractivity contribution in [2.24, 2.45) is 7.05 Å². The number of aromatic amines is 1. The fourth-order valence-electron chi connectivity index (χ4n) is 3.30. The summed E-state index contributed by atoms with van der Waals surface area (Å²) in [6.45, 7) is 2.06. The van der Waals surface area contributed by atoms with Crippen LogP contribution in [-0.4, -0.2) is 60.6 Å². The molecule has 0 aliphatic carbocycles. The topological polar surface area (TPSA) is 104 Å². The van der Waals surface area contributed by atoms with Gasteiger partial charge in [-0.3, -0.25) is 14.5 Å². The first-order valence-corrected chi connectivity index (χ1v) is 10.5. The molecule has 0 atom stereocenters. The first-order chi connectivity index (χ1) is 13.2. The van der Waals surface area contributed by atoms with E-state index in [1.165, 1.54) is 18.3 Å². The van der Waals surface area contributed by atoms with Gasteiger partial charge in [0.05, 0.1) is 16.8 Å². The molecule has 28 heavy (non-hydrogen) atoms. The standard InChI is InChI=1S/C17H19FN6O3S/c1-22-15-12(10-19-22)16(25)21-17(20-15)24-7-5-23(6-8-24)14-4-3-11(9-13(14)18)28(2,26)27/h3-4,9-10H,5-8H2,1-2H3,(H,20,21,25). The summed E-state index contributed by atoms with van der Waals surface area (Å²) in [7, 11) is -1.73. The zero-order valence-corrected chi connectivity index (χ0v) is 16.2. The number of fused-ring (bicyclic) bond motifs is 1. The quantitative estimate of drug-likeness (QED) is 0.676. The number of anilines is 2. The zero-order chi connectivity index (χ0) is 20.1. The fourth-order valence-corrected chi connectivity index (χ4v) is 3.94. The summed E-state index contributed by atoms with van der Waals surface area (Å²) in [4.78, 5) is 23.2. The van der Waals surface area contributed by atoms with E-state index >= 15 is 0 Å². The van der Waals surface area contributed by atoms with Crippen LogP contribution in [0.5, 0.6) is 0 Å². The Morgan fingerprint density at radius 3 is 2.46 bits per heavy atom. The summed E-state index contributed by atoms with van der Waals surface area (Å²) in [5.74, 6) is -0.118. The first-order valence-electron chi connectivity index (χ1n) is 8.65. The minimum Gasteiger partial charge on any atom is -0.366 e. The maximum Gasteiger partial charge on any atom is 0.263 e. The van der Waals surface area contributed by atoms with Crippen LogP contribution in [-0.2, 0) is 16.9 Å². The van der Waals surface area contributed by atoms with Crippen LogP contribution in [0.2, 0.25) is 0 Å². The fraction of sp³-hybridized carbons (Fsp3) is 0.353. The minimum atomic E-state index is -3.45. The molecule has 0 radical (unpaired) electrons. The van der Waals surface area contributed by atoms with Gasteiger partial charge in [0.15, 0.2) is 15.5 Å². The number of hydrogen-bond acceptors (Lipinski definition) is 7. The largest absolute Gasteiger partial charge is 0.366 e. The molecule has 4 rings (SSSR count). The number of benzene rings is 1. The van der Waals surface area contributed by atoms with Gasteiger partial charge in [-0.2, -0.15) is 10.1 Å². The second-order valence-corrected chi connectivity index (χ2v) is 8.77. The monoisotopic (exact) mass is 406 g/mol. The van der Waals surface area contributed by atoms with Gasteiger partial charge >= 0.3 is 0 Å². The molecule has 0 saturated carbocycles. The molecule has 3 aromatic rings. The first kappa shape index (κ1) is 18.4. The van der Waals surface area contributed by atoms with E-state index in [1.807, 2.05) is 9.80 Å². The SMILES string of the molecule is Cn1ncc2c(=O)[nH]c(N3CCN(c4ccc(S(C)(=O)=O)cc4F)CC3)nc21. The third-order valence-electron chi connectivity index (χ3n) is 4.86. The number of sulfone groups is 1. The molecule has 0 bridgehead atoms. The van der Waals surface area contributed by atoms with Crippen molar-refractivity contribution in [1.82, 2.24) is 19.7 Å². The predicted molar refractivity (Wildman–Crippen MR) is 103 cm³/mol. The molecule has 1 fully saturated rings. The number of nitrogens with zero attached hydrogens (tertiary/aromatic N) is 5. The molecule has 1 aliphatic heterocycles. The van der Waals surface area contributed by atoms with Crippen LogP contribution in [0.1, 0.15) is 0 Å². The highest BCUT2D eigenvalue weighted by Crippen LogP contribution is 2.24. The van der Waals surface area contributed by atoms with E-state index in [0.717, 1.165) is 12.3 Å². The highest BCUT2D eigenvalue weighted by molar-refractivity contribution is 7.90. The molecule has 11 heteroatoms. The number of H-pyrrole nitrogens is 1. The Labute approximate surface area is 160 Å². The number of rotatable bonds is 3. The van der Waals surface area contributed by atoms with Crippen LogP contribution in [0.3, 0.4) is 0 Å². The van der Waals surface area contributed by atoms with Gasteiger partial charge < -0.3 is 9.80 Å². The van der Waals surface area contributed by atoms with E-state index in [-0.39, 0.29) is 10.5 Å². The molecule has 1 N–H and O–H groups in total. The van der Waals surface area contributed by atoms with Crippen molar-refractivity contribution < 1.29 is 12.8 Å². The van der Waals surface area contributed by atoms with Gasteiger partial charge in [-0.05, 0) is 18.2 Å². The molecule has 1 saturated heterocycles. The lowest BCUT2D eigenvalue weighted by Gasteiger charge is -2.36. The van der Waals surface area contributed by atoms with E-state index in [2.05, 4.69) is 15.1 Å². The predicted octanol–water partition coefficient (Wildman–Crippen LogP) is 0.526. The zero-order valence-electron chi connectivity index (χ0n) is 15.4. The lowest BCUT2D eigenvalue weighted by molar-refractivity contribution is 0.584. The second-order valence-electron chi connectivity index (χ2n) is 6.75. The molecule has 2 aromatic heterocycles. The Morgan fingerprint density at radius 2 is 1.82 bits per heavy atom. The number of halogens is 1. The summed E-state index contributed by atoms with van der Waals surface area (Å²) >= 11 is 0. The molecule has 148 valence electrons. The van der Waals surface area contributed by atoms with Gasteiger partial charge in [-0.25, -0.2) is 12.8 Å². The Kier molecular flexibility index (Phi) is 4.33. The second kappa shape index (κ2) is 6.59. The molecular weight excluding hydrogens is 387 g/mol. The van der Waals surface area contributed by atoms with Crippen LogP contribution >= 0.6 is 0 Å². The van der Waals surface area contributed by atoms with Crippen LogP contribution in [0.15, 0.2) is 34.1 Å². The van der Waals surface area contributed by atoms with E-state index in [0.29, 0.717) is 48.8 Å². The molecule has 0 unspecified atom stereocenters. The van der Waals surface area contributed by atoms with E-state index in [9.17, 15) is 17.6 Å². The summed E-state index contributed by atoms with van der Waals surface area (Å²) in [5.41, 5.74) is 0.608. The Hall–Kier alpha value is -2.95. The smallest absolute Gasteiger partial charge is 0.263 e. The molecule has 3 heterocycles. The Balaban J connectivity index is 1.54. The number of hydrogen-bond donors (Lipinski definition) is 1. The molecule has 0 amide bonds. The number of aromatic nitrogens is 4. The van der Waals surface area contributed by atoms with Crippen molar-refractivity contribution in [3.63, 3.8) is 0 Å².